The third kappa shape index (κ3) is 6.07. The van der Waals surface area contributed by atoms with Crippen molar-refractivity contribution in [3.8, 4) is 0 Å². The van der Waals surface area contributed by atoms with E-state index < -0.39 is 0 Å². The van der Waals surface area contributed by atoms with Crippen LogP contribution in [0, 0.1) is 11.8 Å². The Morgan fingerprint density at radius 3 is 2.32 bits per heavy atom. The Morgan fingerprint density at radius 1 is 1.20 bits per heavy atom. The highest BCUT2D eigenvalue weighted by Crippen LogP contribution is 2.24. The molecule has 0 atom stereocenters. The summed E-state index contributed by atoms with van der Waals surface area (Å²) in [6, 6.07) is 7.99. The van der Waals surface area contributed by atoms with Crippen LogP contribution in [0.3, 0.4) is 0 Å². The zero-order chi connectivity index (χ0) is 18.4. The summed E-state index contributed by atoms with van der Waals surface area (Å²) < 4.78 is 0. The molecule has 138 valence electrons. The van der Waals surface area contributed by atoms with Crippen LogP contribution in [0.4, 0.5) is 11.4 Å². The van der Waals surface area contributed by atoms with E-state index in [4.69, 9.17) is 0 Å². The van der Waals surface area contributed by atoms with Gasteiger partial charge >= 0.3 is 0 Å². The quantitative estimate of drug-likeness (QED) is 0.860. The lowest BCUT2D eigenvalue weighted by Crippen LogP contribution is -2.38. The molecule has 0 radical (unpaired) electrons. The molecule has 1 aliphatic rings. The number of carbonyl (C=O) groups excluding carboxylic acids is 2. The number of hydrogen-bond acceptors (Lipinski definition) is 3. The standard InChI is InChI=1S/C20H31N3O2/c1-15(2)13-23(17(4)24)14-20(25)21-18-5-7-19(8-6-18)22-11-9-16(3)10-12-22/h5-8,15-16H,9-14H2,1-4H3,(H,21,25). The summed E-state index contributed by atoms with van der Waals surface area (Å²) in [5.74, 6) is 0.919. The van der Waals surface area contributed by atoms with Gasteiger partial charge in [-0.15, -0.1) is 0 Å². The molecule has 1 aromatic carbocycles. The van der Waals surface area contributed by atoms with E-state index in [1.54, 1.807) is 4.90 Å². The molecule has 5 nitrogen and oxygen atoms in total. The molecule has 0 saturated carbocycles. The molecular formula is C20H31N3O2. The summed E-state index contributed by atoms with van der Waals surface area (Å²) >= 11 is 0. The number of nitrogens with zero attached hydrogens (tertiary/aromatic N) is 2. The average molecular weight is 345 g/mol. The second kappa shape index (κ2) is 8.88. The molecule has 0 aromatic heterocycles. The van der Waals surface area contributed by atoms with Gasteiger partial charge in [0.2, 0.25) is 11.8 Å². The number of amides is 2. The molecule has 0 unspecified atom stereocenters. The predicted molar refractivity (Wildman–Crippen MR) is 103 cm³/mol. The number of carbonyl (C=O) groups is 2. The maximum atomic E-state index is 12.2. The highest BCUT2D eigenvalue weighted by atomic mass is 16.2. The Hall–Kier alpha value is -2.04. The maximum absolute atomic E-state index is 12.2. The molecule has 25 heavy (non-hydrogen) atoms. The first-order valence-electron chi connectivity index (χ1n) is 9.25. The zero-order valence-corrected chi connectivity index (χ0v) is 15.9. The smallest absolute Gasteiger partial charge is 0.243 e. The van der Waals surface area contributed by atoms with E-state index in [1.807, 2.05) is 26.0 Å². The fourth-order valence-corrected chi connectivity index (χ4v) is 3.14. The van der Waals surface area contributed by atoms with Crippen molar-refractivity contribution in [2.75, 3.05) is 36.4 Å². The van der Waals surface area contributed by atoms with Gasteiger partial charge in [-0.25, -0.2) is 0 Å². The fraction of sp³-hybridized carbons (Fsp3) is 0.600. The Kier molecular flexibility index (Phi) is 6.85. The third-order valence-electron chi connectivity index (χ3n) is 4.67. The maximum Gasteiger partial charge on any atom is 0.243 e. The van der Waals surface area contributed by atoms with Crippen LogP contribution >= 0.6 is 0 Å². The van der Waals surface area contributed by atoms with Crippen LogP contribution < -0.4 is 10.2 Å². The summed E-state index contributed by atoms with van der Waals surface area (Å²) in [4.78, 5) is 27.8. The highest BCUT2D eigenvalue weighted by Gasteiger charge is 2.17. The van der Waals surface area contributed by atoms with E-state index >= 15 is 0 Å². The van der Waals surface area contributed by atoms with E-state index in [1.165, 1.54) is 25.5 Å². The number of rotatable bonds is 6. The Labute approximate surface area is 151 Å². The second-order valence-electron chi connectivity index (χ2n) is 7.56. The van der Waals surface area contributed by atoms with E-state index in [9.17, 15) is 9.59 Å². The van der Waals surface area contributed by atoms with Crippen LogP contribution in [-0.2, 0) is 9.59 Å². The van der Waals surface area contributed by atoms with Gasteiger partial charge in [-0.3, -0.25) is 9.59 Å². The lowest BCUT2D eigenvalue weighted by atomic mass is 9.99. The molecule has 1 saturated heterocycles. The minimum atomic E-state index is -0.157. The molecule has 1 heterocycles. The molecule has 5 heteroatoms. The lowest BCUT2D eigenvalue weighted by molar-refractivity contribution is -0.133. The number of anilines is 2. The molecule has 2 amide bonds. The second-order valence-corrected chi connectivity index (χ2v) is 7.56. The summed E-state index contributed by atoms with van der Waals surface area (Å²) in [5, 5.41) is 2.89. The first kappa shape index (κ1) is 19.3. The van der Waals surface area contributed by atoms with Crippen LogP contribution in [0.25, 0.3) is 0 Å². The Bertz CT molecular complexity index is 575. The molecule has 1 aliphatic heterocycles. The SMILES string of the molecule is CC(=O)N(CC(=O)Nc1ccc(N2CCC(C)CC2)cc1)CC(C)C. The summed E-state index contributed by atoms with van der Waals surface area (Å²) in [7, 11) is 0. The molecule has 0 spiro atoms. The van der Waals surface area contributed by atoms with Crippen molar-refractivity contribution in [1.82, 2.24) is 4.90 Å². The van der Waals surface area contributed by atoms with E-state index in [-0.39, 0.29) is 18.4 Å². The van der Waals surface area contributed by atoms with Gasteiger partial charge in [0.05, 0.1) is 6.54 Å². The first-order valence-corrected chi connectivity index (χ1v) is 9.25. The summed E-state index contributed by atoms with van der Waals surface area (Å²) in [5.41, 5.74) is 1.97. The van der Waals surface area contributed by atoms with Crippen LogP contribution in [0.2, 0.25) is 0 Å². The van der Waals surface area contributed by atoms with Gasteiger partial charge < -0.3 is 15.1 Å². The molecule has 0 aliphatic carbocycles. The topological polar surface area (TPSA) is 52.7 Å². The van der Waals surface area contributed by atoms with Gasteiger partial charge in [-0.05, 0) is 48.9 Å². The predicted octanol–water partition coefficient (Wildman–Crippen LogP) is 3.37. The lowest BCUT2D eigenvalue weighted by Gasteiger charge is -2.32. The zero-order valence-electron chi connectivity index (χ0n) is 15.9. The monoisotopic (exact) mass is 345 g/mol. The minimum Gasteiger partial charge on any atom is -0.372 e. The first-order chi connectivity index (χ1) is 11.8. The molecular weight excluding hydrogens is 314 g/mol. The van der Waals surface area contributed by atoms with Crippen LogP contribution in [0.15, 0.2) is 24.3 Å². The Balaban J connectivity index is 1.89. The molecule has 1 aromatic rings. The van der Waals surface area contributed by atoms with Gasteiger partial charge in [-0.1, -0.05) is 20.8 Å². The van der Waals surface area contributed by atoms with Crippen molar-refractivity contribution in [2.24, 2.45) is 11.8 Å². The van der Waals surface area contributed by atoms with E-state index in [0.717, 1.165) is 24.7 Å². The van der Waals surface area contributed by atoms with Crippen LogP contribution in [-0.4, -0.2) is 42.9 Å². The Morgan fingerprint density at radius 2 is 1.80 bits per heavy atom. The molecule has 1 N–H and O–H groups in total. The number of piperidine rings is 1. The molecule has 2 rings (SSSR count). The van der Waals surface area contributed by atoms with Gasteiger partial charge in [0.15, 0.2) is 0 Å². The highest BCUT2D eigenvalue weighted by molar-refractivity contribution is 5.94. The fourth-order valence-electron chi connectivity index (χ4n) is 3.14. The van der Waals surface area contributed by atoms with Crippen LogP contribution in [0.5, 0.6) is 0 Å². The van der Waals surface area contributed by atoms with Crippen molar-refractivity contribution in [2.45, 2.75) is 40.5 Å². The van der Waals surface area contributed by atoms with Gasteiger partial charge in [0.25, 0.3) is 0 Å². The largest absolute Gasteiger partial charge is 0.372 e. The van der Waals surface area contributed by atoms with E-state index in [2.05, 4.69) is 29.3 Å². The molecule has 1 fully saturated rings. The van der Waals surface area contributed by atoms with Crippen molar-refractivity contribution in [3.63, 3.8) is 0 Å². The normalized spacial score (nSPS) is 15.3. The average Bonchev–Trinajstić information content (AvgIpc) is 2.55. The van der Waals surface area contributed by atoms with Crippen LogP contribution in [0.1, 0.15) is 40.5 Å². The van der Waals surface area contributed by atoms with E-state index in [0.29, 0.717) is 12.5 Å². The summed E-state index contributed by atoms with van der Waals surface area (Å²) in [6.45, 7) is 10.8. The molecule has 0 bridgehead atoms. The summed E-state index contributed by atoms with van der Waals surface area (Å²) in [6.07, 6.45) is 2.46. The van der Waals surface area contributed by atoms with Crippen molar-refractivity contribution in [3.05, 3.63) is 24.3 Å². The van der Waals surface area contributed by atoms with Crippen molar-refractivity contribution < 1.29 is 9.59 Å². The number of nitrogens with one attached hydrogen (secondary N) is 1. The van der Waals surface area contributed by atoms with Gasteiger partial charge in [-0.2, -0.15) is 0 Å². The number of benzene rings is 1. The van der Waals surface area contributed by atoms with Crippen molar-refractivity contribution >= 4 is 23.2 Å². The van der Waals surface area contributed by atoms with Gasteiger partial charge in [0.1, 0.15) is 0 Å². The third-order valence-corrected chi connectivity index (χ3v) is 4.67. The van der Waals surface area contributed by atoms with Gasteiger partial charge in [0, 0.05) is 37.9 Å². The van der Waals surface area contributed by atoms with Crippen molar-refractivity contribution in [1.29, 1.82) is 0 Å². The minimum absolute atomic E-state index is 0.0708. The number of hydrogen-bond donors (Lipinski definition) is 1.